The Morgan fingerprint density at radius 1 is 1.18 bits per heavy atom. The highest BCUT2D eigenvalue weighted by molar-refractivity contribution is 5.77. The van der Waals surface area contributed by atoms with Crippen molar-refractivity contribution in [1.29, 1.82) is 0 Å². The number of rotatable bonds is 11. The molecule has 17 heavy (non-hydrogen) atoms. The van der Waals surface area contributed by atoms with E-state index >= 15 is 0 Å². The SMILES string of the molecule is COCCNCC(=O)NCCCCCC(=O)O. The smallest absolute Gasteiger partial charge is 0.303 e. The first-order valence-electron chi connectivity index (χ1n) is 5.85. The van der Waals surface area contributed by atoms with E-state index < -0.39 is 5.97 Å². The molecule has 0 radical (unpaired) electrons. The first-order chi connectivity index (χ1) is 8.16. The second-order valence-corrected chi connectivity index (χ2v) is 3.72. The quantitative estimate of drug-likeness (QED) is 0.446. The van der Waals surface area contributed by atoms with Crippen molar-refractivity contribution >= 4 is 11.9 Å². The molecule has 0 aromatic heterocycles. The third-order valence-corrected chi connectivity index (χ3v) is 2.16. The number of aliphatic carboxylic acids is 1. The van der Waals surface area contributed by atoms with Gasteiger partial charge in [-0.15, -0.1) is 0 Å². The maximum Gasteiger partial charge on any atom is 0.303 e. The Labute approximate surface area is 102 Å². The largest absolute Gasteiger partial charge is 0.481 e. The summed E-state index contributed by atoms with van der Waals surface area (Å²) in [5.74, 6) is -0.810. The van der Waals surface area contributed by atoms with E-state index in [1.807, 2.05) is 0 Å². The molecule has 0 aliphatic rings. The van der Waals surface area contributed by atoms with Gasteiger partial charge in [0.1, 0.15) is 0 Å². The van der Waals surface area contributed by atoms with Crippen LogP contribution in [0.25, 0.3) is 0 Å². The van der Waals surface area contributed by atoms with Crippen LogP contribution >= 0.6 is 0 Å². The van der Waals surface area contributed by atoms with Crippen molar-refractivity contribution in [1.82, 2.24) is 10.6 Å². The van der Waals surface area contributed by atoms with Crippen molar-refractivity contribution in [3.05, 3.63) is 0 Å². The lowest BCUT2D eigenvalue weighted by Crippen LogP contribution is -2.35. The molecule has 0 unspecified atom stereocenters. The van der Waals surface area contributed by atoms with Gasteiger partial charge in [0, 0.05) is 26.6 Å². The lowest BCUT2D eigenvalue weighted by molar-refractivity contribution is -0.137. The van der Waals surface area contributed by atoms with Crippen LogP contribution in [0.4, 0.5) is 0 Å². The van der Waals surface area contributed by atoms with Gasteiger partial charge in [-0.2, -0.15) is 0 Å². The predicted octanol–water partition coefficient (Wildman–Crippen LogP) is -0.0164. The van der Waals surface area contributed by atoms with Crippen molar-refractivity contribution in [3.8, 4) is 0 Å². The molecule has 6 heteroatoms. The van der Waals surface area contributed by atoms with Gasteiger partial charge >= 0.3 is 5.97 Å². The number of unbranched alkanes of at least 4 members (excludes halogenated alkanes) is 2. The highest BCUT2D eigenvalue weighted by Gasteiger charge is 2.00. The summed E-state index contributed by atoms with van der Waals surface area (Å²) in [6.45, 7) is 2.13. The van der Waals surface area contributed by atoms with Crippen LogP contribution in [0.1, 0.15) is 25.7 Å². The molecule has 0 rings (SSSR count). The van der Waals surface area contributed by atoms with E-state index in [4.69, 9.17) is 9.84 Å². The molecule has 0 atom stereocenters. The van der Waals surface area contributed by atoms with Gasteiger partial charge in [-0.25, -0.2) is 0 Å². The van der Waals surface area contributed by atoms with Crippen LogP contribution in [0, 0.1) is 0 Å². The number of carbonyl (C=O) groups is 2. The highest BCUT2D eigenvalue weighted by Crippen LogP contribution is 1.98. The fourth-order valence-corrected chi connectivity index (χ4v) is 1.24. The van der Waals surface area contributed by atoms with Gasteiger partial charge < -0.3 is 20.5 Å². The Morgan fingerprint density at radius 2 is 1.94 bits per heavy atom. The van der Waals surface area contributed by atoms with Gasteiger partial charge in [0.2, 0.25) is 5.91 Å². The van der Waals surface area contributed by atoms with E-state index in [2.05, 4.69) is 10.6 Å². The molecule has 0 bridgehead atoms. The first-order valence-corrected chi connectivity index (χ1v) is 5.85. The average molecular weight is 246 g/mol. The number of methoxy groups -OCH3 is 1. The van der Waals surface area contributed by atoms with E-state index in [1.165, 1.54) is 0 Å². The fourth-order valence-electron chi connectivity index (χ4n) is 1.24. The Morgan fingerprint density at radius 3 is 2.59 bits per heavy atom. The molecular weight excluding hydrogens is 224 g/mol. The van der Waals surface area contributed by atoms with Crippen LogP contribution in [0.5, 0.6) is 0 Å². The molecule has 0 aromatic rings. The summed E-state index contributed by atoms with van der Waals surface area (Å²) < 4.78 is 4.83. The molecule has 0 aliphatic heterocycles. The van der Waals surface area contributed by atoms with Crippen LogP contribution in [-0.4, -0.2) is 50.3 Å². The van der Waals surface area contributed by atoms with Crippen LogP contribution in [-0.2, 0) is 14.3 Å². The van der Waals surface area contributed by atoms with Crippen LogP contribution in [0.3, 0.4) is 0 Å². The zero-order valence-electron chi connectivity index (χ0n) is 10.3. The van der Waals surface area contributed by atoms with Crippen LogP contribution < -0.4 is 10.6 Å². The monoisotopic (exact) mass is 246 g/mol. The van der Waals surface area contributed by atoms with Gasteiger partial charge in [0.15, 0.2) is 0 Å². The Bertz CT molecular complexity index is 222. The van der Waals surface area contributed by atoms with Crippen molar-refractivity contribution in [3.63, 3.8) is 0 Å². The number of ether oxygens (including phenoxy) is 1. The first kappa shape index (κ1) is 15.9. The number of carboxylic acid groups (broad SMARTS) is 1. The molecule has 0 saturated carbocycles. The van der Waals surface area contributed by atoms with E-state index in [9.17, 15) is 9.59 Å². The van der Waals surface area contributed by atoms with Gasteiger partial charge in [-0.05, 0) is 12.8 Å². The maximum atomic E-state index is 11.2. The lowest BCUT2D eigenvalue weighted by Gasteiger charge is -2.06. The molecule has 6 nitrogen and oxygen atoms in total. The zero-order chi connectivity index (χ0) is 12.9. The van der Waals surface area contributed by atoms with Gasteiger partial charge in [0.25, 0.3) is 0 Å². The van der Waals surface area contributed by atoms with Crippen LogP contribution in [0.2, 0.25) is 0 Å². The standard InChI is InChI=1S/C11H22N2O4/c1-17-8-7-12-9-10(14)13-6-4-2-3-5-11(15)16/h12H,2-9H2,1H3,(H,13,14)(H,15,16). The van der Waals surface area contributed by atoms with E-state index in [1.54, 1.807) is 7.11 Å². The zero-order valence-corrected chi connectivity index (χ0v) is 10.3. The summed E-state index contributed by atoms with van der Waals surface area (Å²) in [5.41, 5.74) is 0. The minimum absolute atomic E-state index is 0.0423. The van der Waals surface area contributed by atoms with E-state index in [-0.39, 0.29) is 12.3 Å². The molecule has 0 heterocycles. The van der Waals surface area contributed by atoms with Crippen molar-refractivity contribution in [2.24, 2.45) is 0 Å². The maximum absolute atomic E-state index is 11.2. The second-order valence-electron chi connectivity index (χ2n) is 3.72. The van der Waals surface area contributed by atoms with Crippen molar-refractivity contribution in [2.75, 3.05) is 33.4 Å². The number of hydrogen-bond acceptors (Lipinski definition) is 4. The summed E-state index contributed by atoms with van der Waals surface area (Å²) >= 11 is 0. The summed E-state index contributed by atoms with van der Waals surface area (Å²) in [4.78, 5) is 21.5. The molecule has 100 valence electrons. The molecule has 0 aliphatic carbocycles. The van der Waals surface area contributed by atoms with Gasteiger partial charge in [-0.1, -0.05) is 6.42 Å². The fraction of sp³-hybridized carbons (Fsp3) is 0.818. The van der Waals surface area contributed by atoms with E-state index in [0.29, 0.717) is 32.7 Å². The third kappa shape index (κ3) is 12.8. The second kappa shape index (κ2) is 11.3. The van der Waals surface area contributed by atoms with Gasteiger partial charge in [0.05, 0.1) is 13.2 Å². The van der Waals surface area contributed by atoms with Crippen molar-refractivity contribution in [2.45, 2.75) is 25.7 Å². The molecule has 1 amide bonds. The molecule has 0 saturated heterocycles. The number of hydrogen-bond donors (Lipinski definition) is 3. The topological polar surface area (TPSA) is 87.7 Å². The summed E-state index contributed by atoms with van der Waals surface area (Å²) in [5, 5.41) is 14.1. The summed E-state index contributed by atoms with van der Waals surface area (Å²) in [7, 11) is 1.61. The Balaban J connectivity index is 3.19. The lowest BCUT2D eigenvalue weighted by atomic mass is 10.2. The highest BCUT2D eigenvalue weighted by atomic mass is 16.5. The Hall–Kier alpha value is -1.14. The number of carbonyl (C=O) groups excluding carboxylic acids is 1. The minimum Gasteiger partial charge on any atom is -0.481 e. The molecule has 0 fully saturated rings. The molecular formula is C11H22N2O4. The number of amides is 1. The molecule has 3 N–H and O–H groups in total. The molecule has 0 spiro atoms. The third-order valence-electron chi connectivity index (χ3n) is 2.16. The normalized spacial score (nSPS) is 10.2. The number of nitrogens with one attached hydrogen (secondary N) is 2. The molecule has 0 aromatic carbocycles. The van der Waals surface area contributed by atoms with Gasteiger partial charge in [-0.3, -0.25) is 9.59 Å². The van der Waals surface area contributed by atoms with Crippen molar-refractivity contribution < 1.29 is 19.4 Å². The Kier molecular flexibility index (Phi) is 10.6. The van der Waals surface area contributed by atoms with Crippen LogP contribution in [0.15, 0.2) is 0 Å². The average Bonchev–Trinajstić information content (AvgIpc) is 2.29. The van der Waals surface area contributed by atoms with E-state index in [0.717, 1.165) is 12.8 Å². The number of carboxylic acids is 1. The minimum atomic E-state index is -0.767. The predicted molar refractivity (Wildman–Crippen MR) is 63.9 cm³/mol. The summed E-state index contributed by atoms with van der Waals surface area (Å²) in [6.07, 6.45) is 2.50. The summed E-state index contributed by atoms with van der Waals surface area (Å²) in [6, 6.07) is 0.